The minimum absolute atomic E-state index is 0.131. The smallest absolute Gasteiger partial charge is 0.480 e. The van der Waals surface area contributed by atoms with Gasteiger partial charge >= 0.3 is 24.2 Å². The summed E-state index contributed by atoms with van der Waals surface area (Å²) in [5.41, 5.74) is 6.83. The lowest BCUT2D eigenvalue weighted by Crippen LogP contribution is -2.42. The summed E-state index contributed by atoms with van der Waals surface area (Å²) in [7, 11) is 0. The summed E-state index contributed by atoms with van der Waals surface area (Å²) in [5, 5.41) is 9.83. The molecule has 2 aromatic rings. The minimum Gasteiger partial charge on any atom is -0.480 e. The summed E-state index contributed by atoms with van der Waals surface area (Å²) >= 11 is 0. The van der Waals surface area contributed by atoms with Gasteiger partial charge in [0.2, 0.25) is 0 Å². The van der Waals surface area contributed by atoms with Gasteiger partial charge in [-0.15, -0.1) is 0 Å². The SMILES string of the molecule is CCCCCOC(=O)Oc1ccc(C(C(C)C(C)OC(=O)c2ccccc2)[C@H](N)C(=O)O)cc1OC(=O)OCCCCC. The summed E-state index contributed by atoms with van der Waals surface area (Å²) < 4.78 is 26.6. The number of hydrogen-bond donors (Lipinski definition) is 2. The van der Waals surface area contributed by atoms with Crippen LogP contribution in [0.3, 0.4) is 0 Å². The van der Waals surface area contributed by atoms with Gasteiger partial charge < -0.3 is 34.5 Å². The molecule has 43 heavy (non-hydrogen) atoms. The van der Waals surface area contributed by atoms with Crippen molar-refractivity contribution in [2.45, 2.75) is 84.3 Å². The fourth-order valence-electron chi connectivity index (χ4n) is 4.35. The van der Waals surface area contributed by atoms with E-state index in [1.165, 1.54) is 18.2 Å². The number of aliphatic carboxylic acids is 1. The predicted octanol–water partition coefficient (Wildman–Crippen LogP) is 6.47. The number of nitrogens with two attached hydrogens (primary N) is 1. The van der Waals surface area contributed by atoms with Crippen LogP contribution in [0.15, 0.2) is 48.5 Å². The van der Waals surface area contributed by atoms with Crippen molar-refractivity contribution < 1.29 is 48.0 Å². The normalized spacial score (nSPS) is 13.6. The third kappa shape index (κ3) is 11.6. The lowest BCUT2D eigenvalue weighted by Gasteiger charge is -2.31. The topological polar surface area (TPSA) is 161 Å². The minimum atomic E-state index is -1.42. The molecule has 0 aliphatic rings. The third-order valence-corrected chi connectivity index (χ3v) is 6.96. The Morgan fingerprint density at radius 1 is 0.791 bits per heavy atom. The highest BCUT2D eigenvalue weighted by atomic mass is 16.7. The zero-order valence-corrected chi connectivity index (χ0v) is 25.3. The Bertz CT molecular complexity index is 1190. The molecule has 2 aromatic carbocycles. The molecular formula is C32H43NO10. The first-order chi connectivity index (χ1) is 20.6. The fraction of sp³-hybridized carbons (Fsp3) is 0.500. The maximum Gasteiger partial charge on any atom is 0.513 e. The first kappa shape index (κ1) is 35.1. The highest BCUT2D eigenvalue weighted by Gasteiger charge is 2.36. The molecule has 0 aromatic heterocycles. The van der Waals surface area contributed by atoms with Crippen LogP contribution in [0.2, 0.25) is 0 Å². The second-order valence-electron chi connectivity index (χ2n) is 10.2. The Kier molecular flexibility index (Phi) is 15.0. The first-order valence-corrected chi connectivity index (χ1v) is 14.7. The van der Waals surface area contributed by atoms with Gasteiger partial charge in [-0.25, -0.2) is 14.4 Å². The van der Waals surface area contributed by atoms with Crippen molar-refractivity contribution in [1.82, 2.24) is 0 Å². The summed E-state index contributed by atoms with van der Waals surface area (Å²) in [6, 6.07) is 11.2. The van der Waals surface area contributed by atoms with Gasteiger partial charge in [-0.2, -0.15) is 0 Å². The quantitative estimate of drug-likeness (QED) is 0.0884. The number of carbonyl (C=O) groups is 4. The van der Waals surface area contributed by atoms with Crippen molar-refractivity contribution in [2.75, 3.05) is 13.2 Å². The Morgan fingerprint density at radius 3 is 1.88 bits per heavy atom. The molecule has 3 N–H and O–H groups in total. The largest absolute Gasteiger partial charge is 0.513 e. The molecule has 4 atom stereocenters. The molecule has 0 fully saturated rings. The zero-order chi connectivity index (χ0) is 31.8. The molecule has 2 rings (SSSR count). The molecule has 0 aliphatic heterocycles. The van der Waals surface area contributed by atoms with E-state index in [0.717, 1.165) is 25.7 Å². The fourth-order valence-corrected chi connectivity index (χ4v) is 4.35. The van der Waals surface area contributed by atoms with Crippen LogP contribution in [0.25, 0.3) is 0 Å². The van der Waals surface area contributed by atoms with E-state index < -0.39 is 48.2 Å². The Balaban J connectivity index is 2.36. The second kappa shape index (κ2) is 18.4. The molecule has 0 spiro atoms. The van der Waals surface area contributed by atoms with Crippen LogP contribution in [0, 0.1) is 5.92 Å². The van der Waals surface area contributed by atoms with Crippen molar-refractivity contribution in [1.29, 1.82) is 0 Å². The van der Waals surface area contributed by atoms with E-state index in [9.17, 15) is 24.3 Å². The van der Waals surface area contributed by atoms with Crippen molar-refractivity contribution in [3.63, 3.8) is 0 Å². The van der Waals surface area contributed by atoms with Crippen molar-refractivity contribution in [3.05, 3.63) is 59.7 Å². The summed E-state index contributed by atoms with van der Waals surface area (Å²) in [5.74, 6) is -3.69. The predicted molar refractivity (Wildman–Crippen MR) is 158 cm³/mol. The van der Waals surface area contributed by atoms with E-state index in [0.29, 0.717) is 24.0 Å². The monoisotopic (exact) mass is 601 g/mol. The average molecular weight is 602 g/mol. The van der Waals surface area contributed by atoms with Gasteiger partial charge in [0, 0.05) is 11.8 Å². The van der Waals surface area contributed by atoms with Crippen LogP contribution in [-0.2, 0) is 19.0 Å². The van der Waals surface area contributed by atoms with Gasteiger partial charge in [0.25, 0.3) is 0 Å². The molecule has 0 saturated carbocycles. The van der Waals surface area contributed by atoms with E-state index in [-0.39, 0.29) is 24.7 Å². The van der Waals surface area contributed by atoms with Crippen LogP contribution >= 0.6 is 0 Å². The van der Waals surface area contributed by atoms with Gasteiger partial charge in [0.1, 0.15) is 12.1 Å². The van der Waals surface area contributed by atoms with E-state index in [1.807, 2.05) is 13.8 Å². The number of carboxylic acid groups (broad SMARTS) is 1. The number of hydrogen-bond acceptors (Lipinski definition) is 10. The second-order valence-corrected chi connectivity index (χ2v) is 10.2. The summed E-state index contributed by atoms with van der Waals surface area (Å²) in [6.45, 7) is 7.67. The maximum absolute atomic E-state index is 12.7. The van der Waals surface area contributed by atoms with Crippen LogP contribution in [0.4, 0.5) is 9.59 Å². The lowest BCUT2D eigenvalue weighted by molar-refractivity contribution is -0.139. The van der Waals surface area contributed by atoms with Gasteiger partial charge in [-0.1, -0.05) is 70.7 Å². The van der Waals surface area contributed by atoms with Crippen LogP contribution < -0.4 is 15.2 Å². The van der Waals surface area contributed by atoms with Crippen LogP contribution in [0.1, 0.15) is 88.1 Å². The van der Waals surface area contributed by atoms with Gasteiger partial charge in [0.05, 0.1) is 18.8 Å². The molecule has 0 radical (unpaired) electrons. The maximum atomic E-state index is 12.7. The molecule has 0 aliphatic carbocycles. The number of unbranched alkanes of at least 4 members (excludes halogenated alkanes) is 4. The molecule has 11 nitrogen and oxygen atoms in total. The zero-order valence-electron chi connectivity index (χ0n) is 25.3. The molecular weight excluding hydrogens is 558 g/mol. The van der Waals surface area contributed by atoms with Crippen molar-refractivity contribution in [3.8, 4) is 11.5 Å². The Morgan fingerprint density at radius 2 is 1.35 bits per heavy atom. The Labute approximate surface area is 252 Å². The van der Waals surface area contributed by atoms with Crippen molar-refractivity contribution in [2.24, 2.45) is 11.7 Å². The van der Waals surface area contributed by atoms with Gasteiger partial charge in [-0.05, 0) is 49.6 Å². The lowest BCUT2D eigenvalue weighted by atomic mass is 9.79. The Hall–Kier alpha value is -4.12. The molecule has 0 bridgehead atoms. The number of carboxylic acids is 1. The number of ether oxygens (including phenoxy) is 5. The summed E-state index contributed by atoms with van der Waals surface area (Å²) in [6.07, 6.45) is 2.16. The van der Waals surface area contributed by atoms with Gasteiger partial charge in [-0.3, -0.25) is 4.79 Å². The molecule has 0 saturated heterocycles. The van der Waals surface area contributed by atoms with E-state index in [1.54, 1.807) is 44.2 Å². The third-order valence-electron chi connectivity index (χ3n) is 6.96. The van der Waals surface area contributed by atoms with Crippen LogP contribution in [-0.4, -0.2) is 54.7 Å². The van der Waals surface area contributed by atoms with Gasteiger partial charge in [0.15, 0.2) is 11.5 Å². The van der Waals surface area contributed by atoms with Crippen LogP contribution in [0.5, 0.6) is 11.5 Å². The van der Waals surface area contributed by atoms with E-state index in [2.05, 4.69) is 0 Å². The summed E-state index contributed by atoms with van der Waals surface area (Å²) in [4.78, 5) is 49.6. The number of carbonyl (C=O) groups excluding carboxylic acids is 3. The molecule has 236 valence electrons. The standard InChI is InChI=1S/C32H43NO10/c1-5-7-12-18-39-31(37)42-25-17-16-24(20-26(25)43-32(38)40-19-13-8-6-2)27(28(33)29(34)35)21(3)22(4)41-30(36)23-14-10-9-11-15-23/h9-11,14-17,20-22,27-28H,5-8,12-13,18-19,33H2,1-4H3,(H,34,35)/t21?,22?,27?,28-/m0/s1. The number of esters is 1. The number of rotatable bonds is 17. The molecule has 3 unspecified atom stereocenters. The number of benzene rings is 2. The molecule has 11 heteroatoms. The molecule has 0 heterocycles. The van der Waals surface area contributed by atoms with E-state index in [4.69, 9.17) is 29.4 Å². The van der Waals surface area contributed by atoms with E-state index >= 15 is 0 Å². The van der Waals surface area contributed by atoms with Crippen molar-refractivity contribution >= 4 is 24.2 Å². The highest BCUT2D eigenvalue weighted by molar-refractivity contribution is 5.89. The first-order valence-electron chi connectivity index (χ1n) is 14.7. The highest BCUT2D eigenvalue weighted by Crippen LogP contribution is 2.37. The molecule has 0 amide bonds. The average Bonchev–Trinajstić information content (AvgIpc) is 2.99.